The van der Waals surface area contributed by atoms with Crippen molar-refractivity contribution in [3.05, 3.63) is 90.5 Å². The normalized spacial score (nSPS) is 10.6. The molecule has 2 heterocycles. The number of hydrogen-bond acceptors (Lipinski definition) is 5. The summed E-state index contributed by atoms with van der Waals surface area (Å²) in [7, 11) is 0. The fraction of sp³-hybridized carbons (Fsp3) is 0.0476. The van der Waals surface area contributed by atoms with Gasteiger partial charge in [0.15, 0.2) is 0 Å². The Balaban J connectivity index is 1.46. The zero-order valence-electron chi connectivity index (χ0n) is 15.5. The molecule has 2 N–H and O–H groups in total. The lowest BCUT2D eigenvalue weighted by Gasteiger charge is -2.10. The van der Waals surface area contributed by atoms with Crippen LogP contribution in [-0.4, -0.2) is 25.4 Å². The van der Waals surface area contributed by atoms with Crippen molar-refractivity contribution in [3.8, 4) is 5.82 Å². The molecule has 0 bridgehead atoms. The van der Waals surface area contributed by atoms with Gasteiger partial charge in [-0.15, -0.1) is 0 Å². The Kier molecular flexibility index (Phi) is 4.98. The van der Waals surface area contributed by atoms with Crippen LogP contribution in [0.1, 0.15) is 16.2 Å². The number of aromatic nitrogens is 4. The smallest absolute Gasteiger partial charge is 0.255 e. The van der Waals surface area contributed by atoms with Crippen molar-refractivity contribution >= 4 is 23.1 Å². The van der Waals surface area contributed by atoms with Crippen LogP contribution in [0.4, 0.5) is 21.6 Å². The van der Waals surface area contributed by atoms with Gasteiger partial charge in [0, 0.05) is 35.4 Å². The first-order valence-corrected chi connectivity index (χ1v) is 8.85. The number of carbonyl (C=O) groups is 1. The van der Waals surface area contributed by atoms with Gasteiger partial charge >= 0.3 is 0 Å². The number of aryl methyl sites for hydroxylation is 1. The second-order valence-corrected chi connectivity index (χ2v) is 6.29. The predicted molar refractivity (Wildman–Crippen MR) is 108 cm³/mol. The van der Waals surface area contributed by atoms with Gasteiger partial charge in [-0.2, -0.15) is 0 Å². The molecule has 0 atom stereocenters. The average molecular weight is 388 g/mol. The zero-order chi connectivity index (χ0) is 20.2. The summed E-state index contributed by atoms with van der Waals surface area (Å²) in [5.74, 6) is 1.29. The summed E-state index contributed by atoms with van der Waals surface area (Å²) in [5, 5.41) is 6.01. The summed E-state index contributed by atoms with van der Waals surface area (Å²) in [5.41, 5.74) is 1.82. The molecule has 0 aliphatic carbocycles. The van der Waals surface area contributed by atoms with Crippen molar-refractivity contribution in [2.24, 2.45) is 0 Å². The topological polar surface area (TPSA) is 84.7 Å². The van der Waals surface area contributed by atoms with Crippen molar-refractivity contribution in [2.75, 3.05) is 10.6 Å². The molecule has 144 valence electrons. The van der Waals surface area contributed by atoms with Gasteiger partial charge < -0.3 is 10.6 Å². The molecule has 0 aliphatic rings. The van der Waals surface area contributed by atoms with Crippen LogP contribution in [0.5, 0.6) is 0 Å². The van der Waals surface area contributed by atoms with E-state index >= 15 is 0 Å². The van der Waals surface area contributed by atoms with Crippen LogP contribution in [-0.2, 0) is 0 Å². The number of rotatable bonds is 5. The van der Waals surface area contributed by atoms with E-state index in [4.69, 9.17) is 0 Å². The largest absolute Gasteiger partial charge is 0.340 e. The third-order valence-electron chi connectivity index (χ3n) is 4.11. The van der Waals surface area contributed by atoms with Crippen LogP contribution < -0.4 is 10.6 Å². The molecule has 0 fully saturated rings. The first-order valence-electron chi connectivity index (χ1n) is 8.85. The number of carbonyl (C=O) groups excluding carboxylic acids is 1. The first kappa shape index (κ1) is 18.3. The summed E-state index contributed by atoms with van der Waals surface area (Å²) in [6, 6.07) is 14.4. The molecule has 1 amide bonds. The molecule has 0 saturated heterocycles. The summed E-state index contributed by atoms with van der Waals surface area (Å²) in [6.45, 7) is 1.82. The lowest BCUT2D eigenvalue weighted by molar-refractivity contribution is 0.102. The van der Waals surface area contributed by atoms with E-state index in [1.165, 1.54) is 24.3 Å². The van der Waals surface area contributed by atoms with Crippen LogP contribution in [0, 0.1) is 12.7 Å². The Labute approximate surface area is 166 Å². The molecule has 0 radical (unpaired) electrons. The fourth-order valence-electron chi connectivity index (χ4n) is 2.73. The molecular formula is C21H17FN6O. The maximum Gasteiger partial charge on any atom is 0.255 e. The summed E-state index contributed by atoms with van der Waals surface area (Å²) in [6.07, 6.45) is 5.16. The zero-order valence-corrected chi connectivity index (χ0v) is 15.5. The van der Waals surface area contributed by atoms with Crippen molar-refractivity contribution < 1.29 is 9.18 Å². The molecule has 0 spiro atoms. The molecule has 29 heavy (non-hydrogen) atoms. The molecule has 2 aromatic heterocycles. The predicted octanol–water partition coefficient (Wildman–Crippen LogP) is 4.11. The standard InChI is InChI=1S/C21H17FN6O/c1-14-24-19(12-20(25-14)28-11-10-23-13-28)26-17-6-8-18(9-7-17)27-21(29)15-2-4-16(22)5-3-15/h2-13H,1H3,(H,27,29)(H,24,25,26). The number of anilines is 3. The van der Waals surface area contributed by atoms with Crippen LogP contribution in [0.25, 0.3) is 5.82 Å². The van der Waals surface area contributed by atoms with Crippen LogP contribution in [0.2, 0.25) is 0 Å². The number of hydrogen-bond donors (Lipinski definition) is 2. The van der Waals surface area contributed by atoms with Crippen molar-refractivity contribution in [1.82, 2.24) is 19.5 Å². The van der Waals surface area contributed by atoms with Crippen LogP contribution >= 0.6 is 0 Å². The van der Waals surface area contributed by atoms with Gasteiger partial charge in [0.2, 0.25) is 0 Å². The number of benzene rings is 2. The number of amides is 1. The maximum atomic E-state index is 13.0. The number of halogens is 1. The lowest BCUT2D eigenvalue weighted by Crippen LogP contribution is -2.11. The van der Waals surface area contributed by atoms with Gasteiger partial charge in [0.1, 0.15) is 29.6 Å². The molecule has 7 nitrogen and oxygen atoms in total. The van der Waals surface area contributed by atoms with E-state index in [1.54, 1.807) is 29.2 Å². The molecule has 2 aromatic carbocycles. The van der Waals surface area contributed by atoms with E-state index in [0.717, 1.165) is 5.69 Å². The van der Waals surface area contributed by atoms with Gasteiger partial charge in [0.05, 0.1) is 0 Å². The Morgan fingerprint density at radius 1 is 1.00 bits per heavy atom. The highest BCUT2D eigenvalue weighted by molar-refractivity contribution is 6.04. The van der Waals surface area contributed by atoms with Crippen molar-refractivity contribution in [3.63, 3.8) is 0 Å². The van der Waals surface area contributed by atoms with E-state index in [2.05, 4.69) is 25.6 Å². The Morgan fingerprint density at radius 3 is 2.41 bits per heavy atom. The quantitative estimate of drug-likeness (QED) is 0.538. The highest BCUT2D eigenvalue weighted by Gasteiger charge is 2.07. The van der Waals surface area contributed by atoms with Gasteiger partial charge in [-0.25, -0.2) is 19.3 Å². The first-order chi connectivity index (χ1) is 14.1. The SMILES string of the molecule is Cc1nc(Nc2ccc(NC(=O)c3ccc(F)cc3)cc2)cc(-n2ccnc2)n1. The van der Waals surface area contributed by atoms with Crippen LogP contribution in [0.3, 0.4) is 0 Å². The van der Waals surface area contributed by atoms with E-state index < -0.39 is 0 Å². The summed E-state index contributed by atoms with van der Waals surface area (Å²) < 4.78 is 14.8. The fourth-order valence-corrected chi connectivity index (χ4v) is 2.73. The molecule has 4 aromatic rings. The Morgan fingerprint density at radius 2 is 1.72 bits per heavy atom. The van der Waals surface area contributed by atoms with Crippen molar-refractivity contribution in [1.29, 1.82) is 0 Å². The molecule has 0 saturated carbocycles. The van der Waals surface area contributed by atoms with Gasteiger partial charge in [-0.1, -0.05) is 0 Å². The van der Waals surface area contributed by atoms with E-state index in [1.807, 2.05) is 31.3 Å². The third-order valence-corrected chi connectivity index (χ3v) is 4.11. The Bertz CT molecular complexity index is 1130. The monoisotopic (exact) mass is 388 g/mol. The number of imidazole rings is 1. The summed E-state index contributed by atoms with van der Waals surface area (Å²) >= 11 is 0. The lowest BCUT2D eigenvalue weighted by atomic mass is 10.2. The number of nitrogens with one attached hydrogen (secondary N) is 2. The van der Waals surface area contributed by atoms with E-state index in [9.17, 15) is 9.18 Å². The minimum Gasteiger partial charge on any atom is -0.340 e. The van der Waals surface area contributed by atoms with Crippen LogP contribution in [0.15, 0.2) is 73.3 Å². The molecule has 0 unspecified atom stereocenters. The van der Waals surface area contributed by atoms with Gasteiger partial charge in [-0.3, -0.25) is 9.36 Å². The minimum absolute atomic E-state index is 0.304. The number of nitrogens with zero attached hydrogens (tertiary/aromatic N) is 4. The third kappa shape index (κ3) is 4.44. The second-order valence-electron chi connectivity index (χ2n) is 6.29. The second kappa shape index (κ2) is 7.89. The highest BCUT2D eigenvalue weighted by atomic mass is 19.1. The van der Waals surface area contributed by atoms with Crippen molar-refractivity contribution in [2.45, 2.75) is 6.92 Å². The molecular weight excluding hydrogens is 371 g/mol. The Hall–Kier alpha value is -4.07. The molecule has 4 rings (SSSR count). The van der Waals surface area contributed by atoms with E-state index in [-0.39, 0.29) is 11.7 Å². The average Bonchev–Trinajstić information content (AvgIpc) is 3.24. The molecule has 8 heteroatoms. The maximum absolute atomic E-state index is 13.0. The van der Waals surface area contributed by atoms with Gasteiger partial charge in [-0.05, 0) is 55.5 Å². The summed E-state index contributed by atoms with van der Waals surface area (Å²) in [4.78, 5) is 25.0. The van der Waals surface area contributed by atoms with E-state index in [0.29, 0.717) is 28.7 Å². The molecule has 0 aliphatic heterocycles. The highest BCUT2D eigenvalue weighted by Crippen LogP contribution is 2.20. The van der Waals surface area contributed by atoms with Gasteiger partial charge in [0.25, 0.3) is 5.91 Å². The minimum atomic E-state index is -0.381.